The summed E-state index contributed by atoms with van der Waals surface area (Å²) < 4.78 is 26.6. The predicted molar refractivity (Wildman–Crippen MR) is 105 cm³/mol. The van der Waals surface area contributed by atoms with Crippen LogP contribution in [0.15, 0.2) is 24.3 Å². The van der Waals surface area contributed by atoms with E-state index in [1.54, 1.807) is 24.3 Å². The van der Waals surface area contributed by atoms with Crippen LogP contribution in [0.4, 0.5) is 5.69 Å². The van der Waals surface area contributed by atoms with Crippen molar-refractivity contribution in [2.75, 3.05) is 52.1 Å². The summed E-state index contributed by atoms with van der Waals surface area (Å²) in [7, 11) is 3.07. The van der Waals surface area contributed by atoms with E-state index < -0.39 is 10.2 Å². The van der Waals surface area contributed by atoms with Crippen LogP contribution in [-0.2, 0) is 10.2 Å². The van der Waals surface area contributed by atoms with Crippen molar-refractivity contribution < 1.29 is 13.2 Å². The topological polar surface area (TPSA) is 73.0 Å². The highest BCUT2D eigenvalue weighted by atomic mass is 32.2. The fourth-order valence-corrected chi connectivity index (χ4v) is 3.92. The quantitative estimate of drug-likeness (QED) is 0.773. The van der Waals surface area contributed by atoms with Crippen LogP contribution in [0, 0.1) is 5.92 Å². The Bertz CT molecular complexity index is 696. The Morgan fingerprint density at radius 3 is 2.27 bits per heavy atom. The second-order valence-electron chi connectivity index (χ2n) is 7.10. The molecule has 1 heterocycles. The number of carbonyl (C=O) groups is 1. The standard InChI is InChI=1S/C18H30N4O3S/c1-20(2)26(24,25)22(4)17-7-5-16(6-8-17)18(23)19-12-9-15-10-13-21(3)14-11-15/h5-8,15H,9-14H2,1-4H3,(H,19,23). The summed E-state index contributed by atoms with van der Waals surface area (Å²) in [5.74, 6) is 0.557. The molecule has 0 spiro atoms. The fourth-order valence-electron chi connectivity index (χ4n) is 3.04. The molecule has 1 aromatic carbocycles. The highest BCUT2D eigenvalue weighted by molar-refractivity contribution is 7.90. The van der Waals surface area contributed by atoms with Crippen LogP contribution in [0.25, 0.3) is 0 Å². The van der Waals surface area contributed by atoms with Gasteiger partial charge in [0.1, 0.15) is 0 Å². The molecule has 0 saturated carbocycles. The summed E-state index contributed by atoms with van der Waals surface area (Å²) >= 11 is 0. The number of rotatable bonds is 7. The zero-order chi connectivity index (χ0) is 19.3. The van der Waals surface area contributed by atoms with Gasteiger partial charge in [0, 0.05) is 33.3 Å². The minimum absolute atomic E-state index is 0.123. The summed E-state index contributed by atoms with van der Waals surface area (Å²) in [5.41, 5.74) is 1.05. The van der Waals surface area contributed by atoms with Crippen LogP contribution >= 0.6 is 0 Å². The van der Waals surface area contributed by atoms with E-state index in [-0.39, 0.29) is 5.91 Å². The maximum atomic E-state index is 12.3. The molecule has 0 bridgehead atoms. The Hall–Kier alpha value is -1.64. The molecule has 0 aromatic heterocycles. The molecule has 26 heavy (non-hydrogen) atoms. The zero-order valence-electron chi connectivity index (χ0n) is 16.1. The monoisotopic (exact) mass is 382 g/mol. The van der Waals surface area contributed by atoms with E-state index in [2.05, 4.69) is 17.3 Å². The summed E-state index contributed by atoms with van der Waals surface area (Å²) in [6.45, 7) is 2.93. The van der Waals surface area contributed by atoms with Crippen molar-refractivity contribution in [3.63, 3.8) is 0 Å². The van der Waals surface area contributed by atoms with Crippen molar-refractivity contribution in [1.82, 2.24) is 14.5 Å². The molecule has 1 saturated heterocycles. The van der Waals surface area contributed by atoms with E-state index in [1.807, 2.05) is 0 Å². The molecule has 2 rings (SSSR count). The van der Waals surface area contributed by atoms with Gasteiger partial charge in [-0.1, -0.05) is 0 Å². The van der Waals surface area contributed by atoms with E-state index in [4.69, 9.17) is 0 Å². The van der Waals surface area contributed by atoms with E-state index in [9.17, 15) is 13.2 Å². The minimum atomic E-state index is -3.53. The average Bonchev–Trinajstić information content (AvgIpc) is 2.62. The molecular formula is C18H30N4O3S. The van der Waals surface area contributed by atoms with Crippen molar-refractivity contribution in [2.45, 2.75) is 19.3 Å². The van der Waals surface area contributed by atoms with Crippen molar-refractivity contribution >= 4 is 21.8 Å². The number of hydrogen-bond donors (Lipinski definition) is 1. The first-order valence-corrected chi connectivity index (χ1v) is 10.3. The molecule has 1 N–H and O–H groups in total. The molecule has 1 fully saturated rings. The third kappa shape index (κ3) is 5.18. The summed E-state index contributed by atoms with van der Waals surface area (Å²) in [6.07, 6.45) is 3.38. The first-order chi connectivity index (χ1) is 12.2. The van der Waals surface area contributed by atoms with Gasteiger partial charge in [0.05, 0.1) is 5.69 Å². The molecule has 8 heteroatoms. The van der Waals surface area contributed by atoms with Gasteiger partial charge in [0.2, 0.25) is 0 Å². The lowest BCUT2D eigenvalue weighted by Gasteiger charge is -2.28. The van der Waals surface area contributed by atoms with Crippen LogP contribution in [0.1, 0.15) is 29.6 Å². The van der Waals surface area contributed by atoms with E-state index >= 15 is 0 Å². The third-order valence-corrected chi connectivity index (χ3v) is 6.80. The lowest BCUT2D eigenvalue weighted by Crippen LogP contribution is -2.37. The second-order valence-corrected chi connectivity index (χ2v) is 9.27. The maximum absolute atomic E-state index is 12.3. The van der Waals surface area contributed by atoms with Gasteiger partial charge in [0.25, 0.3) is 5.91 Å². The van der Waals surface area contributed by atoms with Crippen molar-refractivity contribution in [3.8, 4) is 0 Å². The predicted octanol–water partition coefficient (Wildman–Crippen LogP) is 1.39. The minimum Gasteiger partial charge on any atom is -0.352 e. The van der Waals surface area contributed by atoms with Gasteiger partial charge < -0.3 is 10.2 Å². The number of hydrogen-bond acceptors (Lipinski definition) is 4. The summed E-state index contributed by atoms with van der Waals surface area (Å²) in [5, 5.41) is 2.96. The lowest BCUT2D eigenvalue weighted by atomic mass is 9.94. The van der Waals surface area contributed by atoms with Gasteiger partial charge in [-0.3, -0.25) is 9.10 Å². The smallest absolute Gasteiger partial charge is 0.303 e. The van der Waals surface area contributed by atoms with E-state index in [1.165, 1.54) is 38.3 Å². The van der Waals surface area contributed by atoms with Gasteiger partial charge >= 0.3 is 10.2 Å². The molecule has 0 aliphatic carbocycles. The zero-order valence-corrected chi connectivity index (χ0v) is 16.9. The van der Waals surface area contributed by atoms with Crippen LogP contribution in [0.3, 0.4) is 0 Å². The van der Waals surface area contributed by atoms with E-state index in [0.29, 0.717) is 23.7 Å². The van der Waals surface area contributed by atoms with Gasteiger partial charge in [-0.25, -0.2) is 0 Å². The highest BCUT2D eigenvalue weighted by Gasteiger charge is 2.21. The SMILES string of the molecule is CN1CCC(CCNC(=O)c2ccc(N(C)S(=O)(=O)N(C)C)cc2)CC1. The number of likely N-dealkylation sites (tertiary alicyclic amines) is 1. The first-order valence-electron chi connectivity index (χ1n) is 8.95. The van der Waals surface area contributed by atoms with Crippen LogP contribution in [-0.4, -0.2) is 71.4 Å². The van der Waals surface area contributed by atoms with Gasteiger partial charge in [0.15, 0.2) is 0 Å². The Kier molecular flexibility index (Phi) is 7.02. The molecule has 1 aliphatic rings. The number of nitrogens with zero attached hydrogens (tertiary/aromatic N) is 3. The second kappa shape index (κ2) is 8.83. The molecule has 7 nitrogen and oxygen atoms in total. The lowest BCUT2D eigenvalue weighted by molar-refractivity contribution is 0.0949. The van der Waals surface area contributed by atoms with Crippen molar-refractivity contribution in [3.05, 3.63) is 29.8 Å². The Labute approximate surface area is 157 Å². The normalized spacial score (nSPS) is 16.7. The van der Waals surface area contributed by atoms with Crippen LogP contribution in [0.5, 0.6) is 0 Å². The van der Waals surface area contributed by atoms with E-state index in [0.717, 1.165) is 23.8 Å². The number of nitrogens with one attached hydrogen (secondary N) is 1. The van der Waals surface area contributed by atoms with Gasteiger partial charge in [-0.2, -0.15) is 12.7 Å². The van der Waals surface area contributed by atoms with Gasteiger partial charge in [-0.15, -0.1) is 0 Å². The highest BCUT2D eigenvalue weighted by Crippen LogP contribution is 2.20. The van der Waals surface area contributed by atoms with Gasteiger partial charge in [-0.05, 0) is 69.6 Å². The number of amides is 1. The Balaban J connectivity index is 1.86. The van der Waals surface area contributed by atoms with Crippen molar-refractivity contribution in [1.29, 1.82) is 0 Å². The molecule has 146 valence electrons. The number of carbonyl (C=O) groups excluding carboxylic acids is 1. The molecule has 1 aliphatic heterocycles. The first kappa shape index (κ1) is 20.7. The fraction of sp³-hybridized carbons (Fsp3) is 0.611. The Morgan fingerprint density at radius 1 is 1.15 bits per heavy atom. The number of piperidine rings is 1. The largest absolute Gasteiger partial charge is 0.352 e. The molecular weight excluding hydrogens is 352 g/mol. The molecule has 0 radical (unpaired) electrons. The average molecular weight is 383 g/mol. The number of benzene rings is 1. The maximum Gasteiger partial charge on any atom is 0.303 e. The van der Waals surface area contributed by atoms with Crippen LogP contribution < -0.4 is 9.62 Å². The Morgan fingerprint density at radius 2 is 1.73 bits per heavy atom. The third-order valence-electron chi connectivity index (χ3n) is 4.98. The van der Waals surface area contributed by atoms with Crippen LogP contribution in [0.2, 0.25) is 0 Å². The van der Waals surface area contributed by atoms with Crippen molar-refractivity contribution in [2.24, 2.45) is 5.92 Å². The molecule has 1 aromatic rings. The molecule has 1 amide bonds. The molecule has 0 atom stereocenters. The molecule has 0 unspecified atom stereocenters. The number of anilines is 1. The summed E-state index contributed by atoms with van der Waals surface area (Å²) in [4.78, 5) is 14.6. The summed E-state index contributed by atoms with van der Waals surface area (Å²) in [6, 6.07) is 6.60.